The summed E-state index contributed by atoms with van der Waals surface area (Å²) in [6, 6.07) is 5.49. The number of hydrogen-bond donors (Lipinski definition) is 1. The number of halogens is 1. The van der Waals surface area contributed by atoms with Crippen molar-refractivity contribution in [2.45, 2.75) is 6.04 Å². The van der Waals surface area contributed by atoms with Crippen molar-refractivity contribution in [2.24, 2.45) is 5.73 Å². The van der Waals surface area contributed by atoms with E-state index in [9.17, 15) is 4.39 Å². The first-order valence-corrected chi connectivity index (χ1v) is 4.13. The van der Waals surface area contributed by atoms with Gasteiger partial charge in [0.1, 0.15) is 5.82 Å². The minimum absolute atomic E-state index is 0.228. The largest absolute Gasteiger partial charge is 0.383 e. The molecule has 1 atom stereocenters. The first kappa shape index (κ1) is 10.6. The number of benzene rings is 1. The Morgan fingerprint density at radius 1 is 1.64 bits per heavy atom. The number of ether oxygens (including phenoxy) is 1. The minimum Gasteiger partial charge on any atom is -0.383 e. The van der Waals surface area contributed by atoms with Gasteiger partial charge in [-0.3, -0.25) is 0 Å². The van der Waals surface area contributed by atoms with E-state index >= 15 is 0 Å². The highest BCUT2D eigenvalue weighted by atomic mass is 19.1. The van der Waals surface area contributed by atoms with Gasteiger partial charge in [0.05, 0.1) is 24.3 Å². The van der Waals surface area contributed by atoms with E-state index in [2.05, 4.69) is 0 Å². The van der Waals surface area contributed by atoms with Gasteiger partial charge >= 0.3 is 0 Å². The normalized spacial score (nSPS) is 12.1. The average Bonchev–Trinajstić information content (AvgIpc) is 2.19. The molecule has 0 aromatic heterocycles. The summed E-state index contributed by atoms with van der Waals surface area (Å²) in [7, 11) is 1.49. The molecule has 14 heavy (non-hydrogen) atoms. The fourth-order valence-electron chi connectivity index (χ4n) is 1.17. The maximum absolute atomic E-state index is 13.2. The summed E-state index contributed by atoms with van der Waals surface area (Å²) in [5.41, 5.74) is 6.36. The SMILES string of the molecule is COCC(N)c1cc(C#N)ccc1F. The maximum atomic E-state index is 13.2. The number of nitriles is 1. The summed E-state index contributed by atoms with van der Waals surface area (Å²) in [4.78, 5) is 0. The van der Waals surface area contributed by atoms with Crippen LogP contribution in [0.5, 0.6) is 0 Å². The molecule has 1 aromatic rings. The van der Waals surface area contributed by atoms with E-state index in [4.69, 9.17) is 15.7 Å². The molecular formula is C10H11FN2O. The lowest BCUT2D eigenvalue weighted by atomic mass is 10.0. The van der Waals surface area contributed by atoms with E-state index < -0.39 is 11.9 Å². The van der Waals surface area contributed by atoms with Gasteiger partial charge in [0.15, 0.2) is 0 Å². The predicted octanol–water partition coefficient (Wildman–Crippen LogP) is 1.34. The van der Waals surface area contributed by atoms with E-state index in [1.54, 1.807) is 0 Å². The van der Waals surface area contributed by atoms with Crippen LogP contribution in [0.25, 0.3) is 0 Å². The standard InChI is InChI=1S/C10H11FN2O/c1-14-6-10(13)8-4-7(5-12)2-3-9(8)11/h2-4,10H,6,13H2,1H3. The summed E-state index contributed by atoms with van der Waals surface area (Å²) < 4.78 is 18.0. The van der Waals surface area contributed by atoms with Crippen molar-refractivity contribution < 1.29 is 9.13 Å². The molecule has 0 heterocycles. The topological polar surface area (TPSA) is 59.0 Å². The fourth-order valence-corrected chi connectivity index (χ4v) is 1.17. The highest BCUT2D eigenvalue weighted by Crippen LogP contribution is 2.16. The molecule has 1 unspecified atom stereocenters. The van der Waals surface area contributed by atoms with Crippen LogP contribution in [0.15, 0.2) is 18.2 Å². The molecule has 2 N–H and O–H groups in total. The Bertz CT molecular complexity index is 360. The van der Waals surface area contributed by atoms with Crippen LogP contribution in [0.2, 0.25) is 0 Å². The lowest BCUT2D eigenvalue weighted by molar-refractivity contribution is 0.179. The van der Waals surface area contributed by atoms with Gasteiger partial charge in [0.2, 0.25) is 0 Å². The van der Waals surface area contributed by atoms with Crippen molar-refractivity contribution in [3.63, 3.8) is 0 Å². The average molecular weight is 194 g/mol. The Balaban J connectivity index is 3.01. The molecule has 1 rings (SSSR count). The molecule has 0 spiro atoms. The van der Waals surface area contributed by atoms with E-state index in [0.717, 1.165) is 0 Å². The Labute approximate surface area is 81.9 Å². The zero-order valence-corrected chi connectivity index (χ0v) is 7.83. The molecule has 0 aliphatic rings. The number of nitrogens with two attached hydrogens (primary N) is 1. The second kappa shape index (κ2) is 4.70. The third kappa shape index (κ3) is 2.28. The first-order chi connectivity index (χ1) is 6.69. The van der Waals surface area contributed by atoms with Gasteiger partial charge in [0.25, 0.3) is 0 Å². The van der Waals surface area contributed by atoms with Crippen molar-refractivity contribution in [2.75, 3.05) is 13.7 Å². The van der Waals surface area contributed by atoms with E-state index in [1.807, 2.05) is 6.07 Å². The molecule has 0 saturated heterocycles. The van der Waals surface area contributed by atoms with Crippen LogP contribution < -0.4 is 5.73 Å². The van der Waals surface area contributed by atoms with Gasteiger partial charge in [-0.2, -0.15) is 5.26 Å². The lowest BCUT2D eigenvalue weighted by Gasteiger charge is -2.11. The van der Waals surface area contributed by atoms with Gasteiger partial charge in [-0.1, -0.05) is 0 Å². The molecule has 3 nitrogen and oxygen atoms in total. The number of nitrogens with zero attached hydrogens (tertiary/aromatic N) is 1. The number of hydrogen-bond acceptors (Lipinski definition) is 3. The molecule has 0 aliphatic heterocycles. The Hall–Kier alpha value is -1.44. The quantitative estimate of drug-likeness (QED) is 0.789. The summed E-state index contributed by atoms with van der Waals surface area (Å²) in [5, 5.41) is 8.62. The predicted molar refractivity (Wildman–Crippen MR) is 49.9 cm³/mol. The highest BCUT2D eigenvalue weighted by molar-refractivity contribution is 5.35. The van der Waals surface area contributed by atoms with Gasteiger partial charge in [-0.05, 0) is 18.2 Å². The van der Waals surface area contributed by atoms with Gasteiger partial charge < -0.3 is 10.5 Å². The smallest absolute Gasteiger partial charge is 0.128 e. The Morgan fingerprint density at radius 3 is 2.93 bits per heavy atom. The number of methoxy groups -OCH3 is 1. The zero-order valence-electron chi connectivity index (χ0n) is 7.83. The monoisotopic (exact) mass is 194 g/mol. The third-order valence-electron chi connectivity index (χ3n) is 1.87. The molecule has 0 saturated carbocycles. The van der Waals surface area contributed by atoms with Crippen molar-refractivity contribution in [1.29, 1.82) is 5.26 Å². The minimum atomic E-state index is -0.534. The molecule has 0 aliphatic carbocycles. The van der Waals surface area contributed by atoms with Crippen LogP contribution in [-0.2, 0) is 4.74 Å². The molecule has 1 aromatic carbocycles. The van der Waals surface area contributed by atoms with E-state index in [1.165, 1.54) is 25.3 Å². The maximum Gasteiger partial charge on any atom is 0.128 e. The molecule has 74 valence electrons. The van der Waals surface area contributed by atoms with Gasteiger partial charge in [-0.25, -0.2) is 4.39 Å². The summed E-state index contributed by atoms with van der Waals surface area (Å²) in [5.74, 6) is -0.409. The van der Waals surface area contributed by atoms with Crippen LogP contribution in [0, 0.1) is 17.1 Å². The second-order valence-corrected chi connectivity index (χ2v) is 2.91. The first-order valence-electron chi connectivity index (χ1n) is 4.13. The van der Waals surface area contributed by atoms with E-state index in [0.29, 0.717) is 11.1 Å². The van der Waals surface area contributed by atoms with Crippen LogP contribution >= 0.6 is 0 Å². The van der Waals surface area contributed by atoms with Crippen molar-refractivity contribution in [3.05, 3.63) is 35.1 Å². The highest BCUT2D eigenvalue weighted by Gasteiger charge is 2.11. The van der Waals surface area contributed by atoms with Crippen LogP contribution in [0.4, 0.5) is 4.39 Å². The van der Waals surface area contributed by atoms with Crippen LogP contribution in [0.3, 0.4) is 0 Å². The molecule has 0 radical (unpaired) electrons. The fraction of sp³-hybridized carbons (Fsp3) is 0.300. The number of rotatable bonds is 3. The van der Waals surface area contributed by atoms with E-state index in [-0.39, 0.29) is 6.61 Å². The third-order valence-corrected chi connectivity index (χ3v) is 1.87. The Kier molecular flexibility index (Phi) is 3.57. The lowest BCUT2D eigenvalue weighted by Crippen LogP contribution is -2.17. The molecule has 4 heteroatoms. The zero-order chi connectivity index (χ0) is 10.6. The van der Waals surface area contributed by atoms with Crippen molar-refractivity contribution >= 4 is 0 Å². The van der Waals surface area contributed by atoms with Crippen molar-refractivity contribution in [1.82, 2.24) is 0 Å². The molecule has 0 bridgehead atoms. The molecular weight excluding hydrogens is 183 g/mol. The van der Waals surface area contributed by atoms with Crippen molar-refractivity contribution in [3.8, 4) is 6.07 Å². The molecule has 0 amide bonds. The van der Waals surface area contributed by atoms with Crippen LogP contribution in [-0.4, -0.2) is 13.7 Å². The van der Waals surface area contributed by atoms with Crippen LogP contribution in [0.1, 0.15) is 17.2 Å². The van der Waals surface area contributed by atoms with Gasteiger partial charge in [0, 0.05) is 12.7 Å². The second-order valence-electron chi connectivity index (χ2n) is 2.91. The Morgan fingerprint density at radius 2 is 2.36 bits per heavy atom. The summed E-state index contributed by atoms with van der Waals surface area (Å²) in [6.07, 6.45) is 0. The van der Waals surface area contributed by atoms with Gasteiger partial charge in [-0.15, -0.1) is 0 Å². The summed E-state index contributed by atoms with van der Waals surface area (Å²) in [6.45, 7) is 0.228. The molecule has 0 fully saturated rings. The summed E-state index contributed by atoms with van der Waals surface area (Å²) >= 11 is 0.